The van der Waals surface area contributed by atoms with E-state index < -0.39 is 5.91 Å². The molecular formula is C20H24N4O4. The predicted octanol–water partition coefficient (Wildman–Crippen LogP) is 0.983. The van der Waals surface area contributed by atoms with Crippen LogP contribution >= 0.6 is 0 Å². The number of carbonyl (C=O) groups excluding carboxylic acids is 2. The molecule has 0 aliphatic carbocycles. The summed E-state index contributed by atoms with van der Waals surface area (Å²) in [6.07, 6.45) is 1.38. The van der Waals surface area contributed by atoms with Gasteiger partial charge >= 0.3 is 0 Å². The number of ether oxygens (including phenoxy) is 1. The molecule has 1 atom stereocenters. The van der Waals surface area contributed by atoms with Gasteiger partial charge in [-0.25, -0.2) is 4.68 Å². The highest BCUT2D eigenvalue weighted by Gasteiger charge is 2.26. The van der Waals surface area contributed by atoms with Crippen molar-refractivity contribution in [2.24, 2.45) is 0 Å². The van der Waals surface area contributed by atoms with Gasteiger partial charge in [-0.1, -0.05) is 30.3 Å². The van der Waals surface area contributed by atoms with Gasteiger partial charge in [0.1, 0.15) is 5.69 Å². The predicted molar refractivity (Wildman–Crippen MR) is 103 cm³/mol. The summed E-state index contributed by atoms with van der Waals surface area (Å²) in [6, 6.07) is 11.9. The third-order valence-electron chi connectivity index (χ3n) is 4.69. The zero-order chi connectivity index (χ0) is 19.9. The molecule has 0 bridgehead atoms. The Morgan fingerprint density at radius 2 is 2.00 bits per heavy atom. The molecule has 8 nitrogen and oxygen atoms in total. The third-order valence-corrected chi connectivity index (χ3v) is 4.69. The number of carbonyl (C=O) groups is 2. The van der Waals surface area contributed by atoms with Crippen LogP contribution in [0.15, 0.2) is 47.3 Å². The van der Waals surface area contributed by atoms with Crippen molar-refractivity contribution in [1.82, 2.24) is 20.0 Å². The van der Waals surface area contributed by atoms with Crippen molar-refractivity contribution in [1.29, 1.82) is 0 Å². The Kier molecular flexibility index (Phi) is 6.54. The van der Waals surface area contributed by atoms with Crippen molar-refractivity contribution < 1.29 is 14.3 Å². The minimum atomic E-state index is -0.397. The molecule has 2 heterocycles. The minimum Gasteiger partial charge on any atom is -0.383 e. The number of likely N-dealkylation sites (tertiary alicyclic amines) is 1. The number of nitrogens with one attached hydrogen (secondary N) is 1. The maximum Gasteiger partial charge on any atom is 0.272 e. The molecule has 148 valence electrons. The van der Waals surface area contributed by atoms with E-state index in [1.807, 2.05) is 30.3 Å². The average molecular weight is 384 g/mol. The van der Waals surface area contributed by atoms with Crippen LogP contribution in [0.2, 0.25) is 0 Å². The van der Waals surface area contributed by atoms with E-state index in [9.17, 15) is 14.4 Å². The van der Waals surface area contributed by atoms with Crippen molar-refractivity contribution in [2.45, 2.75) is 25.4 Å². The molecule has 2 amide bonds. The summed E-state index contributed by atoms with van der Waals surface area (Å²) in [4.78, 5) is 38.5. The Hall–Kier alpha value is -3.00. The zero-order valence-corrected chi connectivity index (χ0v) is 15.8. The van der Waals surface area contributed by atoms with Gasteiger partial charge in [-0.2, -0.15) is 5.10 Å². The van der Waals surface area contributed by atoms with Crippen LogP contribution < -0.4 is 10.9 Å². The molecule has 1 aliphatic heterocycles. The van der Waals surface area contributed by atoms with Crippen molar-refractivity contribution in [3.8, 4) is 0 Å². The van der Waals surface area contributed by atoms with E-state index in [4.69, 9.17) is 4.74 Å². The molecule has 0 saturated carbocycles. The number of nitrogens with zero attached hydrogens (tertiary/aromatic N) is 3. The number of rotatable bonds is 8. The van der Waals surface area contributed by atoms with E-state index in [0.29, 0.717) is 26.1 Å². The third kappa shape index (κ3) is 4.83. The van der Waals surface area contributed by atoms with Crippen LogP contribution in [0.25, 0.3) is 0 Å². The molecule has 3 rings (SSSR count). The number of amides is 2. The van der Waals surface area contributed by atoms with Crippen LogP contribution in [-0.2, 0) is 16.1 Å². The summed E-state index contributed by atoms with van der Waals surface area (Å²) >= 11 is 0. The maximum absolute atomic E-state index is 12.8. The van der Waals surface area contributed by atoms with Crippen LogP contribution in [-0.4, -0.2) is 53.3 Å². The van der Waals surface area contributed by atoms with Crippen molar-refractivity contribution in [3.63, 3.8) is 0 Å². The summed E-state index contributed by atoms with van der Waals surface area (Å²) in [5.74, 6) is -0.298. The number of benzene rings is 1. The smallest absolute Gasteiger partial charge is 0.272 e. The molecule has 1 saturated heterocycles. The lowest BCUT2D eigenvalue weighted by Crippen LogP contribution is -2.39. The maximum atomic E-state index is 12.8. The van der Waals surface area contributed by atoms with Crippen LogP contribution in [0.5, 0.6) is 0 Å². The fourth-order valence-corrected chi connectivity index (χ4v) is 3.18. The number of hydrogen-bond acceptors (Lipinski definition) is 5. The molecule has 0 unspecified atom stereocenters. The van der Waals surface area contributed by atoms with Gasteiger partial charge in [0.25, 0.3) is 11.5 Å². The van der Waals surface area contributed by atoms with Crippen LogP contribution in [0.1, 0.15) is 34.9 Å². The summed E-state index contributed by atoms with van der Waals surface area (Å²) in [6.45, 7) is 1.68. The lowest BCUT2D eigenvalue weighted by molar-refractivity contribution is -0.128. The van der Waals surface area contributed by atoms with Gasteiger partial charge in [-0.15, -0.1) is 0 Å². The first-order valence-corrected chi connectivity index (χ1v) is 9.29. The quantitative estimate of drug-likeness (QED) is 0.732. The largest absolute Gasteiger partial charge is 0.383 e. The van der Waals surface area contributed by atoms with E-state index >= 15 is 0 Å². The molecule has 28 heavy (non-hydrogen) atoms. The Morgan fingerprint density at radius 1 is 1.21 bits per heavy atom. The normalized spacial score (nSPS) is 14.9. The Morgan fingerprint density at radius 3 is 2.68 bits per heavy atom. The van der Waals surface area contributed by atoms with Crippen molar-refractivity contribution in [2.75, 3.05) is 26.8 Å². The first-order chi connectivity index (χ1) is 13.6. The van der Waals surface area contributed by atoms with Crippen molar-refractivity contribution in [3.05, 3.63) is 64.1 Å². The second-order valence-electron chi connectivity index (χ2n) is 6.65. The van der Waals surface area contributed by atoms with Crippen molar-refractivity contribution >= 4 is 11.8 Å². The molecule has 1 N–H and O–H groups in total. The highest BCUT2D eigenvalue weighted by Crippen LogP contribution is 2.19. The van der Waals surface area contributed by atoms with Gasteiger partial charge in [-0.05, 0) is 18.1 Å². The van der Waals surface area contributed by atoms with Crippen LogP contribution in [0.3, 0.4) is 0 Å². The summed E-state index contributed by atoms with van der Waals surface area (Å²) in [5, 5.41) is 7.09. The highest BCUT2D eigenvalue weighted by atomic mass is 16.5. The first kappa shape index (κ1) is 19.8. The zero-order valence-electron chi connectivity index (χ0n) is 15.8. The Balaban J connectivity index is 1.79. The summed E-state index contributed by atoms with van der Waals surface area (Å²) in [7, 11) is 1.53. The second-order valence-corrected chi connectivity index (χ2v) is 6.65. The standard InChI is InChI=1S/C20H24N4O4/c1-28-13-12-24-19(26)10-9-16(22-24)20(27)21-17(15-6-3-2-4-7-15)14-23-11-5-8-18(23)25/h2-4,6-7,9-10,17H,5,8,11-14H2,1H3,(H,21,27)/t17-/m1/s1. The van der Waals surface area contributed by atoms with E-state index in [0.717, 1.165) is 12.0 Å². The first-order valence-electron chi connectivity index (χ1n) is 9.29. The number of aromatic nitrogens is 2. The van der Waals surface area contributed by atoms with Gasteiger partial charge in [0, 0.05) is 32.7 Å². The SMILES string of the molecule is COCCn1nc(C(=O)N[C@H](CN2CCCC2=O)c2ccccc2)ccc1=O. The fourth-order valence-electron chi connectivity index (χ4n) is 3.18. The molecular weight excluding hydrogens is 360 g/mol. The molecule has 0 radical (unpaired) electrons. The fraction of sp³-hybridized carbons (Fsp3) is 0.400. The molecule has 1 aromatic carbocycles. The molecule has 2 aromatic rings. The molecule has 8 heteroatoms. The van der Waals surface area contributed by atoms with Crippen LogP contribution in [0.4, 0.5) is 0 Å². The lowest BCUT2D eigenvalue weighted by atomic mass is 10.1. The van der Waals surface area contributed by atoms with E-state index in [1.165, 1.54) is 23.9 Å². The minimum absolute atomic E-state index is 0.0985. The average Bonchev–Trinajstić information content (AvgIpc) is 3.12. The van der Waals surface area contributed by atoms with Crippen LogP contribution in [0, 0.1) is 0 Å². The van der Waals surface area contributed by atoms with Gasteiger partial charge in [0.05, 0.1) is 19.2 Å². The Bertz CT molecular complexity index is 881. The lowest BCUT2D eigenvalue weighted by Gasteiger charge is -2.25. The molecule has 0 spiro atoms. The van der Waals surface area contributed by atoms with Gasteiger partial charge in [0.15, 0.2) is 0 Å². The molecule has 1 aromatic heterocycles. The number of methoxy groups -OCH3 is 1. The molecule has 1 fully saturated rings. The molecule has 1 aliphatic rings. The second kappa shape index (κ2) is 9.27. The highest BCUT2D eigenvalue weighted by molar-refractivity contribution is 5.92. The van der Waals surface area contributed by atoms with E-state index in [1.54, 1.807) is 4.90 Å². The summed E-state index contributed by atoms with van der Waals surface area (Å²) in [5.41, 5.74) is 0.753. The monoisotopic (exact) mass is 384 g/mol. The summed E-state index contributed by atoms with van der Waals surface area (Å²) < 4.78 is 6.18. The van der Waals surface area contributed by atoms with Gasteiger partial charge in [-0.3, -0.25) is 14.4 Å². The van der Waals surface area contributed by atoms with Gasteiger partial charge < -0.3 is 15.0 Å². The van der Waals surface area contributed by atoms with Gasteiger partial charge in [0.2, 0.25) is 5.91 Å². The topological polar surface area (TPSA) is 93.5 Å². The number of hydrogen-bond donors (Lipinski definition) is 1. The Labute approximate surface area is 163 Å². The van der Waals surface area contributed by atoms with E-state index in [-0.39, 0.29) is 29.7 Å². The van der Waals surface area contributed by atoms with E-state index in [2.05, 4.69) is 10.4 Å².